The minimum Gasteiger partial charge on any atom is -0.369 e. The molecule has 3 heteroatoms. The molecule has 0 unspecified atom stereocenters. The minimum absolute atomic E-state index is 1.06. The molecule has 0 N–H and O–H groups in total. The van der Waals surface area contributed by atoms with Crippen molar-refractivity contribution in [2.24, 2.45) is 0 Å². The standard InChI is InChI=1S/C17H19BrN2/c18-16-7-4-8-17(13-16)20-11-9-19(10-12-20)14-15-5-2-1-3-6-15/h1-8,13H,9-12,14H2. The molecule has 0 atom stereocenters. The molecule has 0 aliphatic carbocycles. The zero-order chi connectivity index (χ0) is 13.8. The monoisotopic (exact) mass is 330 g/mol. The van der Waals surface area contributed by atoms with Crippen LogP contribution in [0.4, 0.5) is 5.69 Å². The van der Waals surface area contributed by atoms with Gasteiger partial charge in [-0.3, -0.25) is 4.90 Å². The van der Waals surface area contributed by atoms with Crippen LogP contribution >= 0.6 is 15.9 Å². The van der Waals surface area contributed by atoms with E-state index < -0.39 is 0 Å². The first kappa shape index (κ1) is 13.7. The smallest absolute Gasteiger partial charge is 0.0378 e. The van der Waals surface area contributed by atoms with Gasteiger partial charge in [0.15, 0.2) is 0 Å². The van der Waals surface area contributed by atoms with E-state index in [1.165, 1.54) is 11.3 Å². The van der Waals surface area contributed by atoms with Gasteiger partial charge in [-0.1, -0.05) is 52.3 Å². The molecule has 2 aromatic rings. The molecular formula is C17H19BrN2. The van der Waals surface area contributed by atoms with E-state index in [1.54, 1.807) is 0 Å². The summed E-state index contributed by atoms with van der Waals surface area (Å²) in [5, 5.41) is 0. The van der Waals surface area contributed by atoms with E-state index in [1.807, 2.05) is 0 Å². The summed E-state index contributed by atoms with van der Waals surface area (Å²) in [5.74, 6) is 0. The van der Waals surface area contributed by atoms with Gasteiger partial charge < -0.3 is 4.90 Å². The van der Waals surface area contributed by atoms with Crippen LogP contribution < -0.4 is 4.90 Å². The number of nitrogens with zero attached hydrogens (tertiary/aromatic N) is 2. The number of piperazine rings is 1. The molecule has 1 aliphatic heterocycles. The van der Waals surface area contributed by atoms with Crippen LogP contribution in [0, 0.1) is 0 Å². The number of anilines is 1. The van der Waals surface area contributed by atoms with Crippen LogP contribution in [0.2, 0.25) is 0 Å². The molecule has 0 radical (unpaired) electrons. The van der Waals surface area contributed by atoms with Crippen molar-refractivity contribution in [1.29, 1.82) is 0 Å². The molecule has 20 heavy (non-hydrogen) atoms. The Morgan fingerprint density at radius 1 is 0.850 bits per heavy atom. The first-order valence-electron chi connectivity index (χ1n) is 7.08. The summed E-state index contributed by atoms with van der Waals surface area (Å²) >= 11 is 3.55. The molecule has 0 aromatic heterocycles. The van der Waals surface area contributed by atoms with Crippen LogP contribution in [-0.2, 0) is 6.54 Å². The normalized spacial score (nSPS) is 16.4. The van der Waals surface area contributed by atoms with Crippen LogP contribution in [-0.4, -0.2) is 31.1 Å². The fourth-order valence-electron chi connectivity index (χ4n) is 2.68. The molecule has 1 saturated heterocycles. The van der Waals surface area contributed by atoms with Crippen molar-refractivity contribution >= 4 is 21.6 Å². The Morgan fingerprint density at radius 3 is 2.30 bits per heavy atom. The SMILES string of the molecule is Brc1cccc(N2CCN(Cc3ccccc3)CC2)c1. The lowest BCUT2D eigenvalue weighted by molar-refractivity contribution is 0.250. The topological polar surface area (TPSA) is 6.48 Å². The van der Waals surface area contributed by atoms with Gasteiger partial charge in [0.2, 0.25) is 0 Å². The Hall–Kier alpha value is -1.32. The van der Waals surface area contributed by atoms with E-state index in [2.05, 4.69) is 80.3 Å². The lowest BCUT2D eigenvalue weighted by atomic mass is 10.2. The summed E-state index contributed by atoms with van der Waals surface area (Å²) in [7, 11) is 0. The fraction of sp³-hybridized carbons (Fsp3) is 0.294. The van der Waals surface area contributed by atoms with Gasteiger partial charge in [0, 0.05) is 42.9 Å². The average molecular weight is 331 g/mol. The molecule has 3 rings (SSSR count). The third-order valence-electron chi connectivity index (χ3n) is 3.79. The maximum atomic E-state index is 3.55. The second-order valence-corrected chi connectivity index (χ2v) is 6.14. The van der Waals surface area contributed by atoms with Crippen molar-refractivity contribution in [2.75, 3.05) is 31.1 Å². The van der Waals surface area contributed by atoms with E-state index >= 15 is 0 Å². The molecule has 0 spiro atoms. The number of hydrogen-bond donors (Lipinski definition) is 0. The second kappa shape index (κ2) is 6.42. The van der Waals surface area contributed by atoms with Gasteiger partial charge in [-0.25, -0.2) is 0 Å². The van der Waals surface area contributed by atoms with Gasteiger partial charge in [0.1, 0.15) is 0 Å². The van der Waals surface area contributed by atoms with Crippen LogP contribution in [0.25, 0.3) is 0 Å². The van der Waals surface area contributed by atoms with Gasteiger partial charge >= 0.3 is 0 Å². The minimum atomic E-state index is 1.06. The molecule has 2 aromatic carbocycles. The maximum absolute atomic E-state index is 3.55. The number of benzene rings is 2. The summed E-state index contributed by atoms with van der Waals surface area (Å²) in [6.07, 6.45) is 0. The quantitative estimate of drug-likeness (QED) is 0.845. The zero-order valence-corrected chi connectivity index (χ0v) is 13.1. The second-order valence-electron chi connectivity index (χ2n) is 5.23. The third-order valence-corrected chi connectivity index (χ3v) is 4.29. The van der Waals surface area contributed by atoms with E-state index in [4.69, 9.17) is 0 Å². The van der Waals surface area contributed by atoms with Gasteiger partial charge in [0.05, 0.1) is 0 Å². The fourth-order valence-corrected chi connectivity index (χ4v) is 3.07. The van der Waals surface area contributed by atoms with E-state index in [9.17, 15) is 0 Å². The number of rotatable bonds is 3. The van der Waals surface area contributed by atoms with Gasteiger partial charge in [-0.05, 0) is 23.8 Å². The highest BCUT2D eigenvalue weighted by Gasteiger charge is 2.17. The van der Waals surface area contributed by atoms with Gasteiger partial charge in [-0.2, -0.15) is 0 Å². The molecule has 104 valence electrons. The van der Waals surface area contributed by atoms with E-state index in [0.717, 1.165) is 37.2 Å². The van der Waals surface area contributed by atoms with Crippen molar-refractivity contribution < 1.29 is 0 Å². The Kier molecular flexibility index (Phi) is 4.38. The average Bonchev–Trinajstić information content (AvgIpc) is 2.49. The zero-order valence-electron chi connectivity index (χ0n) is 11.5. The molecule has 0 bridgehead atoms. The van der Waals surface area contributed by atoms with Crippen LogP contribution in [0.3, 0.4) is 0 Å². The third kappa shape index (κ3) is 3.41. The lowest BCUT2D eigenvalue weighted by Crippen LogP contribution is -2.45. The highest BCUT2D eigenvalue weighted by atomic mass is 79.9. The Labute approximate surface area is 129 Å². The number of halogens is 1. The predicted octanol–water partition coefficient (Wildman–Crippen LogP) is 3.77. The van der Waals surface area contributed by atoms with Crippen LogP contribution in [0.1, 0.15) is 5.56 Å². The number of hydrogen-bond acceptors (Lipinski definition) is 2. The van der Waals surface area contributed by atoms with Crippen LogP contribution in [0.15, 0.2) is 59.1 Å². The molecule has 0 saturated carbocycles. The molecular weight excluding hydrogens is 312 g/mol. The highest BCUT2D eigenvalue weighted by Crippen LogP contribution is 2.21. The molecule has 2 nitrogen and oxygen atoms in total. The maximum Gasteiger partial charge on any atom is 0.0378 e. The summed E-state index contributed by atoms with van der Waals surface area (Å²) < 4.78 is 1.15. The first-order valence-corrected chi connectivity index (χ1v) is 7.87. The van der Waals surface area contributed by atoms with Crippen molar-refractivity contribution in [3.05, 3.63) is 64.6 Å². The summed E-state index contributed by atoms with van der Waals surface area (Å²) in [5.41, 5.74) is 2.72. The van der Waals surface area contributed by atoms with Gasteiger partial charge in [-0.15, -0.1) is 0 Å². The van der Waals surface area contributed by atoms with Gasteiger partial charge in [0.25, 0.3) is 0 Å². The van der Waals surface area contributed by atoms with Crippen molar-refractivity contribution in [2.45, 2.75) is 6.54 Å². The van der Waals surface area contributed by atoms with E-state index in [0.29, 0.717) is 0 Å². The lowest BCUT2D eigenvalue weighted by Gasteiger charge is -2.36. The van der Waals surface area contributed by atoms with Crippen molar-refractivity contribution in [3.63, 3.8) is 0 Å². The van der Waals surface area contributed by atoms with Crippen molar-refractivity contribution in [3.8, 4) is 0 Å². The highest BCUT2D eigenvalue weighted by molar-refractivity contribution is 9.10. The summed E-state index contributed by atoms with van der Waals surface area (Å²) in [4.78, 5) is 5.00. The largest absolute Gasteiger partial charge is 0.369 e. The van der Waals surface area contributed by atoms with Crippen molar-refractivity contribution in [1.82, 2.24) is 4.90 Å². The first-order chi connectivity index (χ1) is 9.81. The van der Waals surface area contributed by atoms with Crippen LogP contribution in [0.5, 0.6) is 0 Å². The molecule has 1 fully saturated rings. The molecule has 1 heterocycles. The van der Waals surface area contributed by atoms with E-state index in [-0.39, 0.29) is 0 Å². The molecule has 1 aliphatic rings. The summed E-state index contributed by atoms with van der Waals surface area (Å²) in [6, 6.07) is 19.3. The molecule has 0 amide bonds. The Bertz CT molecular complexity index is 548. The Balaban J connectivity index is 1.57. The predicted molar refractivity (Wildman–Crippen MR) is 88.1 cm³/mol. The Morgan fingerprint density at radius 2 is 1.60 bits per heavy atom. The summed E-state index contributed by atoms with van der Waals surface area (Å²) in [6.45, 7) is 5.52.